The van der Waals surface area contributed by atoms with Gasteiger partial charge in [-0.1, -0.05) is 25.5 Å². The Bertz CT molecular complexity index is 748. The minimum atomic E-state index is -3.39. The Morgan fingerprint density at radius 1 is 1.14 bits per heavy atom. The fraction of sp³-hybridized carbons (Fsp3) is 0.650. The molecule has 1 atom stereocenters. The maximum Gasteiger partial charge on any atom is 0.243 e. The van der Waals surface area contributed by atoms with E-state index >= 15 is 0 Å². The van der Waals surface area contributed by atoms with Gasteiger partial charge in [-0.25, -0.2) is 8.42 Å². The van der Waals surface area contributed by atoms with Crippen LogP contribution in [0.25, 0.3) is 0 Å². The Hall–Kier alpha value is -0.870. The molecule has 1 unspecified atom stereocenters. The zero-order valence-electron chi connectivity index (χ0n) is 16.9. The van der Waals surface area contributed by atoms with Crippen molar-refractivity contribution in [2.24, 2.45) is 16.8 Å². The minimum absolute atomic E-state index is 0. The molecule has 0 radical (unpaired) electrons. The van der Waals surface area contributed by atoms with Crippen LogP contribution in [0.1, 0.15) is 44.6 Å². The second-order valence-electron chi connectivity index (χ2n) is 7.86. The van der Waals surface area contributed by atoms with Gasteiger partial charge in [0.1, 0.15) is 0 Å². The van der Waals surface area contributed by atoms with Gasteiger partial charge in [-0.2, -0.15) is 4.31 Å². The lowest BCUT2D eigenvalue weighted by Gasteiger charge is -2.30. The summed E-state index contributed by atoms with van der Waals surface area (Å²) in [6, 6.07) is 7.20. The van der Waals surface area contributed by atoms with Crippen molar-refractivity contribution in [1.82, 2.24) is 14.9 Å². The van der Waals surface area contributed by atoms with Crippen molar-refractivity contribution < 1.29 is 8.42 Å². The lowest BCUT2D eigenvalue weighted by atomic mass is 9.85. The molecule has 1 aliphatic heterocycles. The van der Waals surface area contributed by atoms with Gasteiger partial charge in [0.05, 0.1) is 4.90 Å². The molecular formula is C20H33IN4O2S. The van der Waals surface area contributed by atoms with Crippen molar-refractivity contribution in [2.75, 3.05) is 26.7 Å². The number of hydrogen-bond acceptors (Lipinski definition) is 3. The molecule has 1 aromatic rings. The van der Waals surface area contributed by atoms with Crippen LogP contribution in [0, 0.1) is 11.8 Å². The maximum absolute atomic E-state index is 12.8. The normalized spacial score (nSPS) is 21.5. The van der Waals surface area contributed by atoms with Crippen LogP contribution in [-0.2, 0) is 16.6 Å². The van der Waals surface area contributed by atoms with Crippen molar-refractivity contribution in [1.29, 1.82) is 0 Å². The summed E-state index contributed by atoms with van der Waals surface area (Å²) in [6.07, 6.45) is 5.98. The largest absolute Gasteiger partial charge is 0.356 e. The van der Waals surface area contributed by atoms with Gasteiger partial charge in [-0.3, -0.25) is 4.99 Å². The van der Waals surface area contributed by atoms with Crippen molar-refractivity contribution in [3.63, 3.8) is 0 Å². The number of halogens is 1. The second kappa shape index (κ2) is 10.8. The number of piperidine rings is 1. The Morgan fingerprint density at radius 3 is 2.43 bits per heavy atom. The molecule has 1 saturated carbocycles. The average Bonchev–Trinajstić information content (AvgIpc) is 2.63. The third-order valence-electron chi connectivity index (χ3n) is 5.65. The summed E-state index contributed by atoms with van der Waals surface area (Å²) in [6.45, 7) is 4.94. The molecule has 2 aliphatic rings. The Kier molecular flexibility index (Phi) is 9.01. The van der Waals surface area contributed by atoms with E-state index in [0.717, 1.165) is 36.8 Å². The van der Waals surface area contributed by atoms with E-state index in [-0.39, 0.29) is 24.0 Å². The SMILES string of the molecule is CN=C(NCc1ccc(S(=O)(=O)N2CCCC(C)C2)cc1)NCC1CCC1.I. The van der Waals surface area contributed by atoms with Crippen LogP contribution in [0.15, 0.2) is 34.2 Å². The molecule has 1 heterocycles. The Labute approximate surface area is 186 Å². The van der Waals surface area contributed by atoms with Gasteiger partial charge in [-0.15, -0.1) is 24.0 Å². The number of hydrogen-bond donors (Lipinski definition) is 2. The first-order chi connectivity index (χ1) is 13.0. The standard InChI is InChI=1S/C20H32N4O2S.HI/c1-16-5-4-12-24(15-16)27(25,26)19-10-8-18(9-11-19)14-23-20(21-2)22-13-17-6-3-7-17;/h8-11,16-17H,3-7,12-15H2,1-2H3,(H2,21,22,23);1H. The number of sulfonamides is 1. The second-order valence-corrected chi connectivity index (χ2v) is 9.80. The first-order valence-corrected chi connectivity index (χ1v) is 11.5. The molecule has 1 saturated heterocycles. The Morgan fingerprint density at radius 2 is 1.86 bits per heavy atom. The van der Waals surface area contributed by atoms with E-state index in [4.69, 9.17) is 0 Å². The topological polar surface area (TPSA) is 73.8 Å². The highest BCUT2D eigenvalue weighted by Gasteiger charge is 2.28. The molecule has 6 nitrogen and oxygen atoms in total. The summed E-state index contributed by atoms with van der Waals surface area (Å²) in [7, 11) is -1.62. The number of guanidine groups is 1. The molecule has 0 spiro atoms. The number of aliphatic imine (C=N–C) groups is 1. The molecular weight excluding hydrogens is 487 g/mol. The number of nitrogens with zero attached hydrogens (tertiary/aromatic N) is 2. The number of rotatable bonds is 6. The van der Waals surface area contributed by atoms with Gasteiger partial charge in [0.15, 0.2) is 5.96 Å². The molecule has 1 aliphatic carbocycles. The molecule has 0 aromatic heterocycles. The lowest BCUT2D eigenvalue weighted by molar-refractivity contribution is 0.281. The number of benzene rings is 1. The van der Waals surface area contributed by atoms with Crippen molar-refractivity contribution >= 4 is 40.0 Å². The Balaban J connectivity index is 0.00000280. The first kappa shape index (κ1) is 23.4. The predicted octanol–water partition coefficient (Wildman–Crippen LogP) is 3.19. The van der Waals surface area contributed by atoms with Gasteiger partial charge in [-0.05, 0) is 55.2 Å². The highest BCUT2D eigenvalue weighted by molar-refractivity contribution is 14.0. The average molecular weight is 520 g/mol. The van der Waals surface area contributed by atoms with Gasteiger partial charge in [0.25, 0.3) is 0 Å². The zero-order chi connectivity index (χ0) is 19.3. The molecule has 0 amide bonds. The van der Waals surface area contributed by atoms with E-state index in [1.165, 1.54) is 19.3 Å². The quantitative estimate of drug-likeness (QED) is 0.344. The van der Waals surface area contributed by atoms with Gasteiger partial charge >= 0.3 is 0 Å². The van der Waals surface area contributed by atoms with Crippen molar-refractivity contribution in [2.45, 2.75) is 50.5 Å². The molecule has 2 N–H and O–H groups in total. The number of nitrogens with one attached hydrogen (secondary N) is 2. The maximum atomic E-state index is 12.8. The van der Waals surface area contributed by atoms with Crippen LogP contribution in [0.4, 0.5) is 0 Å². The monoisotopic (exact) mass is 520 g/mol. The molecule has 1 aromatic carbocycles. The fourth-order valence-corrected chi connectivity index (χ4v) is 5.24. The molecule has 28 heavy (non-hydrogen) atoms. The fourth-order valence-electron chi connectivity index (χ4n) is 3.64. The van der Waals surface area contributed by atoms with E-state index < -0.39 is 10.0 Å². The van der Waals surface area contributed by atoms with E-state index in [0.29, 0.717) is 30.4 Å². The summed E-state index contributed by atoms with van der Waals surface area (Å²) in [4.78, 5) is 4.63. The lowest BCUT2D eigenvalue weighted by Crippen LogP contribution is -2.40. The zero-order valence-corrected chi connectivity index (χ0v) is 20.0. The minimum Gasteiger partial charge on any atom is -0.356 e. The van der Waals surface area contributed by atoms with E-state index in [2.05, 4.69) is 22.5 Å². The van der Waals surface area contributed by atoms with Crippen LogP contribution in [0.3, 0.4) is 0 Å². The molecule has 8 heteroatoms. The van der Waals surface area contributed by atoms with Gasteiger partial charge in [0.2, 0.25) is 10.0 Å². The molecule has 158 valence electrons. The van der Waals surface area contributed by atoms with Crippen LogP contribution in [0.5, 0.6) is 0 Å². The smallest absolute Gasteiger partial charge is 0.243 e. The summed E-state index contributed by atoms with van der Waals surface area (Å²) in [5.41, 5.74) is 1.03. The first-order valence-electron chi connectivity index (χ1n) is 10.0. The van der Waals surface area contributed by atoms with Crippen LogP contribution in [-0.4, -0.2) is 45.4 Å². The van der Waals surface area contributed by atoms with Crippen molar-refractivity contribution in [3.05, 3.63) is 29.8 Å². The summed E-state index contributed by atoms with van der Waals surface area (Å²) < 4.78 is 27.3. The van der Waals surface area contributed by atoms with E-state index in [1.807, 2.05) is 12.1 Å². The van der Waals surface area contributed by atoms with Crippen molar-refractivity contribution in [3.8, 4) is 0 Å². The van der Waals surface area contributed by atoms with Crippen LogP contribution in [0.2, 0.25) is 0 Å². The van der Waals surface area contributed by atoms with Gasteiger partial charge in [0, 0.05) is 33.2 Å². The molecule has 0 bridgehead atoms. The van der Waals surface area contributed by atoms with Gasteiger partial charge < -0.3 is 10.6 Å². The highest BCUT2D eigenvalue weighted by atomic mass is 127. The van der Waals surface area contributed by atoms with Crippen LogP contribution < -0.4 is 10.6 Å². The van der Waals surface area contributed by atoms with E-state index in [1.54, 1.807) is 23.5 Å². The summed E-state index contributed by atoms with van der Waals surface area (Å²) in [5.74, 6) is 1.99. The predicted molar refractivity (Wildman–Crippen MR) is 125 cm³/mol. The van der Waals surface area contributed by atoms with Crippen LogP contribution >= 0.6 is 24.0 Å². The van der Waals surface area contributed by atoms with E-state index in [9.17, 15) is 8.42 Å². The third-order valence-corrected chi connectivity index (χ3v) is 7.53. The summed E-state index contributed by atoms with van der Waals surface area (Å²) in [5, 5.41) is 6.66. The molecule has 3 rings (SSSR count). The summed E-state index contributed by atoms with van der Waals surface area (Å²) >= 11 is 0. The molecule has 2 fully saturated rings. The third kappa shape index (κ3) is 6.06. The highest BCUT2D eigenvalue weighted by Crippen LogP contribution is 2.25.